The van der Waals surface area contributed by atoms with Crippen molar-refractivity contribution in [3.05, 3.63) is 27.1 Å². The molecule has 2 N–H and O–H groups in total. The fraction of sp³-hybridized carbons (Fsp3) is 0.500. The third-order valence-corrected chi connectivity index (χ3v) is 5.28. The van der Waals surface area contributed by atoms with Gasteiger partial charge in [-0.3, -0.25) is 9.59 Å². The van der Waals surface area contributed by atoms with Crippen LogP contribution < -0.4 is 10.9 Å². The largest absolute Gasteiger partial charge is 0.388 e. The van der Waals surface area contributed by atoms with Gasteiger partial charge in [0.15, 0.2) is 0 Å². The molecule has 2 heterocycles. The summed E-state index contributed by atoms with van der Waals surface area (Å²) in [4.78, 5) is 29.6. The van der Waals surface area contributed by atoms with Crippen LogP contribution in [-0.2, 0) is 7.05 Å². The van der Waals surface area contributed by atoms with Crippen LogP contribution in [0.2, 0.25) is 0 Å². The fourth-order valence-electron chi connectivity index (χ4n) is 2.51. The molecule has 1 aliphatic carbocycles. The molecule has 21 heavy (non-hydrogen) atoms. The molecule has 0 bridgehead atoms. The summed E-state index contributed by atoms with van der Waals surface area (Å²) in [6.07, 6.45) is 3.90. The van der Waals surface area contributed by atoms with Gasteiger partial charge in [-0.1, -0.05) is 0 Å². The Labute approximate surface area is 125 Å². The molecular weight excluding hydrogens is 290 g/mol. The number of nitrogens with zero attached hydrogens (tertiary/aromatic N) is 2. The van der Waals surface area contributed by atoms with Crippen molar-refractivity contribution in [3.8, 4) is 0 Å². The van der Waals surface area contributed by atoms with Gasteiger partial charge < -0.3 is 15.0 Å². The summed E-state index contributed by atoms with van der Waals surface area (Å²) in [5, 5.41) is 13.3. The maximum Gasteiger partial charge on any atom is 0.262 e. The maximum atomic E-state index is 12.3. The normalized spacial score (nSPS) is 16.7. The van der Waals surface area contributed by atoms with Crippen molar-refractivity contribution in [2.24, 2.45) is 7.05 Å². The SMILES string of the molecule is Cc1c(C(=O)NCC2(O)CCC2)sc2ncn(C)c(=O)c12. The number of hydrogen-bond acceptors (Lipinski definition) is 5. The Morgan fingerprint density at radius 3 is 2.90 bits per heavy atom. The lowest BCUT2D eigenvalue weighted by Crippen LogP contribution is -2.47. The molecule has 0 radical (unpaired) electrons. The van der Waals surface area contributed by atoms with E-state index in [0.29, 0.717) is 20.7 Å². The van der Waals surface area contributed by atoms with Crippen LogP contribution in [0.1, 0.15) is 34.5 Å². The predicted molar refractivity (Wildman–Crippen MR) is 80.7 cm³/mol. The number of amides is 1. The number of carbonyl (C=O) groups excluding carboxylic acids is 1. The minimum absolute atomic E-state index is 0.148. The lowest BCUT2D eigenvalue weighted by atomic mass is 9.80. The zero-order valence-electron chi connectivity index (χ0n) is 12.0. The van der Waals surface area contributed by atoms with Gasteiger partial charge in [-0.15, -0.1) is 11.3 Å². The molecule has 1 fully saturated rings. The summed E-state index contributed by atoms with van der Waals surface area (Å²) in [5.41, 5.74) is -0.249. The summed E-state index contributed by atoms with van der Waals surface area (Å²) < 4.78 is 1.40. The second kappa shape index (κ2) is 4.92. The van der Waals surface area contributed by atoms with Crippen LogP contribution in [0.15, 0.2) is 11.1 Å². The minimum Gasteiger partial charge on any atom is -0.388 e. The first-order valence-electron chi connectivity index (χ1n) is 6.87. The fourth-order valence-corrected chi connectivity index (χ4v) is 3.57. The number of aliphatic hydroxyl groups is 1. The predicted octanol–water partition coefficient (Wildman–Crippen LogP) is 0.948. The van der Waals surface area contributed by atoms with E-state index in [1.807, 2.05) is 0 Å². The van der Waals surface area contributed by atoms with Crippen molar-refractivity contribution >= 4 is 27.5 Å². The second-order valence-corrected chi connectivity index (χ2v) is 6.66. The standard InChI is InChI=1S/C14H17N3O3S/c1-8-9-12(16-7-17(2)13(9)19)21-10(8)11(18)15-6-14(20)4-3-5-14/h7,20H,3-6H2,1-2H3,(H,15,18). The van der Waals surface area contributed by atoms with E-state index in [4.69, 9.17) is 0 Å². The molecule has 6 nitrogen and oxygen atoms in total. The van der Waals surface area contributed by atoms with Gasteiger partial charge >= 0.3 is 0 Å². The number of aromatic nitrogens is 2. The molecule has 1 aliphatic rings. The van der Waals surface area contributed by atoms with Crippen LogP contribution in [0, 0.1) is 6.92 Å². The van der Waals surface area contributed by atoms with E-state index in [2.05, 4.69) is 10.3 Å². The average Bonchev–Trinajstić information content (AvgIpc) is 2.76. The third kappa shape index (κ3) is 2.36. The number of fused-ring (bicyclic) bond motifs is 1. The second-order valence-electron chi connectivity index (χ2n) is 5.66. The zero-order valence-corrected chi connectivity index (χ0v) is 12.8. The van der Waals surface area contributed by atoms with Crippen molar-refractivity contribution in [2.45, 2.75) is 31.8 Å². The van der Waals surface area contributed by atoms with E-state index >= 15 is 0 Å². The van der Waals surface area contributed by atoms with E-state index in [1.54, 1.807) is 14.0 Å². The number of rotatable bonds is 3. The van der Waals surface area contributed by atoms with E-state index < -0.39 is 5.60 Å². The Morgan fingerprint density at radius 1 is 1.57 bits per heavy atom. The molecule has 112 valence electrons. The number of nitrogens with one attached hydrogen (secondary N) is 1. The van der Waals surface area contributed by atoms with Crippen molar-refractivity contribution in [1.82, 2.24) is 14.9 Å². The van der Waals surface area contributed by atoms with E-state index in [1.165, 1.54) is 22.2 Å². The topological polar surface area (TPSA) is 84.2 Å². The van der Waals surface area contributed by atoms with Crippen molar-refractivity contribution in [2.75, 3.05) is 6.54 Å². The summed E-state index contributed by atoms with van der Waals surface area (Å²) in [6, 6.07) is 0. The summed E-state index contributed by atoms with van der Waals surface area (Å²) >= 11 is 1.21. The molecule has 0 aliphatic heterocycles. The molecular formula is C14H17N3O3S. The number of aryl methyl sites for hydroxylation is 2. The molecule has 0 unspecified atom stereocenters. The van der Waals surface area contributed by atoms with E-state index in [9.17, 15) is 14.7 Å². The average molecular weight is 307 g/mol. The first-order chi connectivity index (χ1) is 9.91. The molecule has 0 atom stereocenters. The number of hydrogen-bond donors (Lipinski definition) is 2. The van der Waals surface area contributed by atoms with Gasteiger partial charge in [0.05, 0.1) is 22.2 Å². The third-order valence-electron chi connectivity index (χ3n) is 4.08. The lowest BCUT2D eigenvalue weighted by Gasteiger charge is -2.36. The molecule has 7 heteroatoms. The number of thiophene rings is 1. The monoisotopic (exact) mass is 307 g/mol. The van der Waals surface area contributed by atoms with Crippen LogP contribution in [0.5, 0.6) is 0 Å². The molecule has 3 rings (SSSR count). The summed E-state index contributed by atoms with van der Waals surface area (Å²) in [5.74, 6) is -0.252. The molecule has 0 spiro atoms. The molecule has 2 aromatic rings. The van der Waals surface area contributed by atoms with Crippen molar-refractivity contribution < 1.29 is 9.90 Å². The van der Waals surface area contributed by atoms with Gasteiger partial charge in [0.25, 0.3) is 11.5 Å². The van der Waals surface area contributed by atoms with Gasteiger partial charge in [0, 0.05) is 13.6 Å². The first-order valence-corrected chi connectivity index (χ1v) is 7.68. The molecule has 0 aromatic carbocycles. The Hall–Kier alpha value is -1.73. The van der Waals surface area contributed by atoms with Crippen LogP contribution in [0.4, 0.5) is 0 Å². The molecule has 1 saturated carbocycles. The van der Waals surface area contributed by atoms with E-state index in [-0.39, 0.29) is 18.0 Å². The lowest BCUT2D eigenvalue weighted by molar-refractivity contribution is -0.0300. The molecule has 0 saturated heterocycles. The van der Waals surface area contributed by atoms with Gasteiger partial charge in [0.1, 0.15) is 4.83 Å². The van der Waals surface area contributed by atoms with Crippen LogP contribution >= 0.6 is 11.3 Å². The highest BCUT2D eigenvalue weighted by atomic mass is 32.1. The Kier molecular flexibility index (Phi) is 3.33. The summed E-state index contributed by atoms with van der Waals surface area (Å²) in [6.45, 7) is 2.01. The van der Waals surface area contributed by atoms with Crippen LogP contribution in [0.25, 0.3) is 10.2 Å². The van der Waals surface area contributed by atoms with Crippen LogP contribution in [0.3, 0.4) is 0 Å². The van der Waals surface area contributed by atoms with Crippen molar-refractivity contribution in [1.29, 1.82) is 0 Å². The zero-order chi connectivity index (χ0) is 15.2. The van der Waals surface area contributed by atoms with Crippen LogP contribution in [-0.4, -0.2) is 32.7 Å². The smallest absolute Gasteiger partial charge is 0.262 e. The van der Waals surface area contributed by atoms with Gasteiger partial charge in [-0.2, -0.15) is 0 Å². The Morgan fingerprint density at radius 2 is 2.29 bits per heavy atom. The minimum atomic E-state index is -0.755. The summed E-state index contributed by atoms with van der Waals surface area (Å²) in [7, 11) is 1.64. The van der Waals surface area contributed by atoms with Crippen molar-refractivity contribution in [3.63, 3.8) is 0 Å². The number of carbonyl (C=O) groups is 1. The Balaban J connectivity index is 1.90. The van der Waals surface area contributed by atoms with E-state index in [0.717, 1.165) is 19.3 Å². The quantitative estimate of drug-likeness (QED) is 0.884. The maximum absolute atomic E-state index is 12.3. The highest BCUT2D eigenvalue weighted by Crippen LogP contribution is 2.31. The van der Waals surface area contributed by atoms with Gasteiger partial charge in [-0.05, 0) is 31.7 Å². The van der Waals surface area contributed by atoms with Gasteiger partial charge in [0.2, 0.25) is 0 Å². The molecule has 2 aromatic heterocycles. The first kappa shape index (κ1) is 14.2. The Bertz CT molecular complexity index is 774. The highest BCUT2D eigenvalue weighted by molar-refractivity contribution is 7.20. The highest BCUT2D eigenvalue weighted by Gasteiger charge is 2.34. The molecule has 1 amide bonds. The van der Waals surface area contributed by atoms with Gasteiger partial charge in [-0.25, -0.2) is 4.98 Å².